The molecule has 2 heterocycles. The van der Waals surface area contributed by atoms with Gasteiger partial charge in [0.1, 0.15) is 17.4 Å². The number of amides is 1. The maximum absolute atomic E-state index is 12.5. The second-order valence-electron chi connectivity index (χ2n) is 8.12. The van der Waals surface area contributed by atoms with Crippen LogP contribution in [0.2, 0.25) is 0 Å². The molecule has 1 aromatic heterocycles. The summed E-state index contributed by atoms with van der Waals surface area (Å²) in [6.45, 7) is 3.98. The van der Waals surface area contributed by atoms with E-state index in [0.29, 0.717) is 6.61 Å². The Hall–Kier alpha value is -1.70. The largest absolute Gasteiger partial charge is 0.488 e. The molecule has 2 atom stereocenters. The first-order valence-corrected chi connectivity index (χ1v) is 10.4. The van der Waals surface area contributed by atoms with Gasteiger partial charge in [-0.25, -0.2) is 4.98 Å². The van der Waals surface area contributed by atoms with E-state index >= 15 is 0 Å². The highest BCUT2D eigenvalue weighted by molar-refractivity contribution is 7.16. The first-order valence-electron chi connectivity index (χ1n) is 9.53. The molecule has 0 radical (unpaired) electrons. The van der Waals surface area contributed by atoms with Gasteiger partial charge in [-0.15, -0.1) is 11.3 Å². The van der Waals surface area contributed by atoms with E-state index in [4.69, 9.17) is 9.47 Å². The van der Waals surface area contributed by atoms with Crippen molar-refractivity contribution in [3.8, 4) is 5.75 Å². The van der Waals surface area contributed by atoms with E-state index < -0.39 is 5.60 Å². The van der Waals surface area contributed by atoms with E-state index in [1.54, 1.807) is 25.2 Å². The minimum absolute atomic E-state index is 0.00311. The third-order valence-corrected chi connectivity index (χ3v) is 6.29. The van der Waals surface area contributed by atoms with Crippen LogP contribution in [-0.4, -0.2) is 46.5 Å². The van der Waals surface area contributed by atoms with Gasteiger partial charge < -0.3 is 19.9 Å². The molecule has 146 valence electrons. The Balaban J connectivity index is 1.23. The van der Waals surface area contributed by atoms with Crippen molar-refractivity contribution in [1.82, 2.24) is 10.3 Å². The van der Waals surface area contributed by atoms with Crippen molar-refractivity contribution in [3.05, 3.63) is 23.7 Å². The molecular weight excluding hydrogens is 364 g/mol. The van der Waals surface area contributed by atoms with Crippen LogP contribution in [0.3, 0.4) is 0 Å². The molecular formula is C20H26N2O4S. The molecule has 0 spiro atoms. The fourth-order valence-corrected chi connectivity index (χ4v) is 4.45. The van der Waals surface area contributed by atoms with Crippen molar-refractivity contribution in [1.29, 1.82) is 0 Å². The molecule has 4 rings (SSSR count). The number of thiazole rings is 1. The number of nitrogens with zero attached hydrogens (tertiary/aromatic N) is 1. The second kappa shape index (κ2) is 7.37. The van der Waals surface area contributed by atoms with Crippen LogP contribution in [0.1, 0.15) is 39.5 Å². The Kier molecular flexibility index (Phi) is 5.09. The van der Waals surface area contributed by atoms with E-state index in [9.17, 15) is 9.90 Å². The molecule has 1 amide bonds. The standard InChI is InChI=1S/C20H26N2O4S/c1-20(2,24)17-7-6-13(10-25-17)22-19(23)12-8-14(9-12)26-15-4-3-5-16-18(15)21-11-27-16/h3-5,11-14,17,24H,6-10H2,1-2H3,(H,22,23)/t12?,13-,14?,17+/m0/s1. The monoisotopic (exact) mass is 390 g/mol. The third-order valence-electron chi connectivity index (χ3n) is 5.49. The van der Waals surface area contributed by atoms with Crippen molar-refractivity contribution in [2.75, 3.05) is 6.61 Å². The zero-order valence-electron chi connectivity index (χ0n) is 15.7. The predicted octanol–water partition coefficient (Wildman–Crippen LogP) is 2.89. The lowest BCUT2D eigenvalue weighted by molar-refractivity contribution is -0.137. The van der Waals surface area contributed by atoms with Crippen LogP contribution >= 0.6 is 11.3 Å². The zero-order valence-corrected chi connectivity index (χ0v) is 16.5. The summed E-state index contributed by atoms with van der Waals surface area (Å²) in [7, 11) is 0. The van der Waals surface area contributed by atoms with Gasteiger partial charge in [0.25, 0.3) is 0 Å². The van der Waals surface area contributed by atoms with Gasteiger partial charge in [0.15, 0.2) is 0 Å². The number of nitrogens with one attached hydrogen (secondary N) is 1. The number of ether oxygens (including phenoxy) is 2. The van der Waals surface area contributed by atoms with Crippen molar-refractivity contribution in [2.45, 2.75) is 63.4 Å². The average molecular weight is 391 g/mol. The molecule has 6 nitrogen and oxygen atoms in total. The topological polar surface area (TPSA) is 80.7 Å². The Morgan fingerprint density at radius 3 is 2.89 bits per heavy atom. The van der Waals surface area contributed by atoms with Gasteiger partial charge in [-0.1, -0.05) is 6.07 Å². The van der Waals surface area contributed by atoms with Crippen LogP contribution < -0.4 is 10.1 Å². The van der Waals surface area contributed by atoms with E-state index in [0.717, 1.165) is 41.6 Å². The van der Waals surface area contributed by atoms with Gasteiger partial charge in [-0.2, -0.15) is 0 Å². The van der Waals surface area contributed by atoms with Crippen LogP contribution in [0, 0.1) is 5.92 Å². The van der Waals surface area contributed by atoms with E-state index in [-0.39, 0.29) is 30.1 Å². The van der Waals surface area contributed by atoms with E-state index in [1.165, 1.54) is 0 Å². The first kappa shape index (κ1) is 18.7. The number of aromatic nitrogens is 1. The normalized spacial score (nSPS) is 28.6. The summed E-state index contributed by atoms with van der Waals surface area (Å²) < 4.78 is 12.9. The molecule has 2 N–H and O–H groups in total. The van der Waals surface area contributed by atoms with Crippen molar-refractivity contribution < 1.29 is 19.4 Å². The summed E-state index contributed by atoms with van der Waals surface area (Å²) in [4.78, 5) is 16.8. The molecule has 1 aliphatic heterocycles. The quantitative estimate of drug-likeness (QED) is 0.821. The number of fused-ring (bicyclic) bond motifs is 1. The molecule has 27 heavy (non-hydrogen) atoms. The SMILES string of the molecule is CC(C)(O)[C@H]1CC[C@H](NC(=O)C2CC(Oc3cccc4scnc34)C2)CO1. The second-order valence-corrected chi connectivity index (χ2v) is 9.01. The van der Waals surface area contributed by atoms with Crippen LogP contribution in [-0.2, 0) is 9.53 Å². The highest BCUT2D eigenvalue weighted by Gasteiger charge is 2.38. The number of benzene rings is 1. The van der Waals surface area contributed by atoms with Crippen LogP contribution in [0.5, 0.6) is 5.75 Å². The van der Waals surface area contributed by atoms with Gasteiger partial charge in [0.05, 0.1) is 34.6 Å². The summed E-state index contributed by atoms with van der Waals surface area (Å²) >= 11 is 1.60. The van der Waals surface area contributed by atoms with Gasteiger partial charge in [-0.3, -0.25) is 4.79 Å². The van der Waals surface area contributed by atoms with E-state index in [1.807, 2.05) is 23.7 Å². The highest BCUT2D eigenvalue weighted by atomic mass is 32.1. The fraction of sp³-hybridized carbons (Fsp3) is 0.600. The highest BCUT2D eigenvalue weighted by Crippen LogP contribution is 2.35. The number of para-hydroxylation sites is 1. The number of hydrogen-bond donors (Lipinski definition) is 2. The lowest BCUT2D eigenvalue weighted by Gasteiger charge is -2.38. The predicted molar refractivity (Wildman–Crippen MR) is 104 cm³/mol. The number of aliphatic hydroxyl groups is 1. The summed E-state index contributed by atoms with van der Waals surface area (Å²) in [6, 6.07) is 5.97. The number of carbonyl (C=O) groups excluding carboxylic acids is 1. The van der Waals surface area contributed by atoms with E-state index in [2.05, 4.69) is 10.3 Å². The van der Waals surface area contributed by atoms with Gasteiger partial charge in [0, 0.05) is 5.92 Å². The maximum atomic E-state index is 12.5. The third kappa shape index (κ3) is 4.10. The molecule has 0 bridgehead atoms. The Morgan fingerprint density at radius 2 is 2.19 bits per heavy atom. The summed E-state index contributed by atoms with van der Waals surface area (Å²) in [5.74, 6) is 0.879. The van der Waals surface area contributed by atoms with Gasteiger partial charge in [0.2, 0.25) is 5.91 Å². The van der Waals surface area contributed by atoms with Crippen molar-refractivity contribution >= 4 is 27.5 Å². The van der Waals surface area contributed by atoms with Gasteiger partial charge >= 0.3 is 0 Å². The Labute approximate surface area is 162 Å². The maximum Gasteiger partial charge on any atom is 0.223 e. The van der Waals surface area contributed by atoms with Crippen LogP contribution in [0.25, 0.3) is 10.2 Å². The molecule has 1 aromatic carbocycles. The molecule has 0 unspecified atom stereocenters. The zero-order chi connectivity index (χ0) is 19.0. The van der Waals surface area contributed by atoms with Crippen LogP contribution in [0.4, 0.5) is 0 Å². The minimum atomic E-state index is -0.840. The minimum Gasteiger partial charge on any atom is -0.488 e. The summed E-state index contributed by atoms with van der Waals surface area (Å²) in [6.07, 6.45) is 2.94. The average Bonchev–Trinajstić information content (AvgIpc) is 3.06. The van der Waals surface area contributed by atoms with Crippen molar-refractivity contribution in [3.63, 3.8) is 0 Å². The summed E-state index contributed by atoms with van der Waals surface area (Å²) in [5.41, 5.74) is 1.88. The molecule has 1 aliphatic carbocycles. The van der Waals surface area contributed by atoms with Crippen molar-refractivity contribution in [2.24, 2.45) is 5.92 Å². The Morgan fingerprint density at radius 1 is 1.37 bits per heavy atom. The molecule has 2 fully saturated rings. The number of rotatable bonds is 5. The molecule has 2 aromatic rings. The van der Waals surface area contributed by atoms with Crippen LogP contribution in [0.15, 0.2) is 23.7 Å². The lowest BCUT2D eigenvalue weighted by atomic mass is 9.81. The summed E-state index contributed by atoms with van der Waals surface area (Å²) in [5, 5.41) is 13.1. The molecule has 1 saturated heterocycles. The lowest BCUT2D eigenvalue weighted by Crippen LogP contribution is -2.51. The molecule has 1 saturated carbocycles. The fourth-order valence-electron chi connectivity index (χ4n) is 3.75. The van der Waals surface area contributed by atoms with Gasteiger partial charge in [-0.05, 0) is 51.7 Å². The first-order chi connectivity index (χ1) is 12.9. The Bertz CT molecular complexity index is 802. The molecule has 2 aliphatic rings. The molecule has 7 heteroatoms. The smallest absolute Gasteiger partial charge is 0.223 e. The number of hydrogen-bond acceptors (Lipinski definition) is 6. The number of carbonyl (C=O) groups is 1.